The first kappa shape index (κ1) is 71.1. The molecule has 1 saturated heterocycles. The fourth-order valence-corrected chi connectivity index (χ4v) is 12.6. The third-order valence-corrected chi connectivity index (χ3v) is 16.7. The zero-order valence-electron chi connectivity index (χ0n) is 53.6. The van der Waals surface area contributed by atoms with Crippen LogP contribution in [0.25, 0.3) is 10.8 Å². The highest BCUT2D eigenvalue weighted by Gasteiger charge is 2.41. The van der Waals surface area contributed by atoms with Gasteiger partial charge in [-0.3, -0.25) is 33.0 Å². The molecule has 2 N–H and O–H groups in total. The van der Waals surface area contributed by atoms with Gasteiger partial charge in [0, 0.05) is 68.2 Å². The molecule has 4 amide bonds. The zero-order valence-corrected chi connectivity index (χ0v) is 55.2. The second-order valence-corrected chi connectivity index (χ2v) is 27.2. The number of anilines is 1. The van der Waals surface area contributed by atoms with Gasteiger partial charge in [0.15, 0.2) is 5.78 Å². The van der Waals surface area contributed by atoms with Crippen LogP contribution in [0, 0.1) is 6.92 Å². The summed E-state index contributed by atoms with van der Waals surface area (Å²) in [5, 5.41) is 6.86. The average molecular weight is 1270 g/mol. The minimum absolute atomic E-state index is 0.00737. The lowest BCUT2D eigenvalue weighted by molar-refractivity contribution is -0.144. The molecule has 0 aliphatic carbocycles. The number of hydrogen-bond donors (Lipinski definition) is 2. The number of carbonyl (C=O) groups is 7. The number of phosphoric ester groups is 1. The number of hydrogen-bond acceptors (Lipinski definition) is 16. The van der Waals surface area contributed by atoms with E-state index in [-0.39, 0.29) is 86.9 Å². The lowest BCUT2D eigenvalue weighted by Crippen LogP contribution is -2.42. The molecule has 2 aliphatic heterocycles. The Morgan fingerprint density at radius 2 is 1.47 bits per heavy atom. The predicted molar refractivity (Wildman–Crippen MR) is 341 cm³/mol. The van der Waals surface area contributed by atoms with Crippen LogP contribution in [0.15, 0.2) is 79.4 Å². The molecule has 89 heavy (non-hydrogen) atoms. The molecule has 6 rings (SSSR count). The second-order valence-electron chi connectivity index (χ2n) is 25.5. The molecule has 0 saturated carbocycles. The highest BCUT2D eigenvalue weighted by atomic mass is 35.5. The van der Waals surface area contributed by atoms with E-state index in [4.69, 9.17) is 48.9 Å². The first-order valence-electron chi connectivity index (χ1n) is 30.6. The molecule has 1 fully saturated rings. The number of benzene rings is 4. The monoisotopic (exact) mass is 1270 g/mol. The smallest absolute Gasteiger partial charge is 0.493 e. The number of carbonyl (C=O) groups excluding carboxylic acids is 7. The zero-order chi connectivity index (χ0) is 65.3. The van der Waals surface area contributed by atoms with Crippen molar-refractivity contribution in [3.63, 3.8) is 0 Å². The minimum atomic E-state index is -4.21. The van der Waals surface area contributed by atoms with Crippen molar-refractivity contribution in [1.29, 1.82) is 0 Å². The molecule has 0 aromatic heterocycles. The van der Waals surface area contributed by atoms with Crippen LogP contribution in [0.4, 0.5) is 15.3 Å². The fourth-order valence-electron chi connectivity index (χ4n) is 10.5. The van der Waals surface area contributed by atoms with Gasteiger partial charge in [-0.1, -0.05) is 61.2 Å². The lowest BCUT2D eigenvalue weighted by atomic mass is 9.95. The molecular formula is C67H90ClN4O16P. The van der Waals surface area contributed by atoms with Crippen LogP contribution in [-0.2, 0) is 71.2 Å². The Bertz CT molecular complexity index is 3180. The number of alkyl carbamates (subject to hydrolysis) is 2. The Kier molecular flexibility index (Phi) is 25.7. The maximum Gasteiger partial charge on any atom is 0.531 e. The number of alkyl halides is 1. The van der Waals surface area contributed by atoms with Crippen LogP contribution < -0.4 is 24.8 Å². The van der Waals surface area contributed by atoms with E-state index in [1.54, 1.807) is 115 Å². The van der Waals surface area contributed by atoms with E-state index in [0.29, 0.717) is 116 Å². The molecule has 22 heteroatoms. The van der Waals surface area contributed by atoms with Crippen molar-refractivity contribution < 1.29 is 75.4 Å². The summed E-state index contributed by atoms with van der Waals surface area (Å²) in [4.78, 5) is 95.7. The fraction of sp³-hybridized carbons (Fsp3) is 0.537. The number of Topliss-reactive ketones (excluding diaryl/α,β-unsaturated/α-hetero) is 1. The Morgan fingerprint density at radius 1 is 0.787 bits per heavy atom. The Hall–Kier alpha value is -6.99. The summed E-state index contributed by atoms with van der Waals surface area (Å²) in [6.45, 7) is 23.9. The van der Waals surface area contributed by atoms with Crippen LogP contribution in [0.1, 0.15) is 171 Å². The van der Waals surface area contributed by atoms with Gasteiger partial charge in [0.05, 0.1) is 42.0 Å². The van der Waals surface area contributed by atoms with Crippen LogP contribution in [0.2, 0.25) is 0 Å². The number of nitrogens with one attached hydrogen (secondary N) is 2. The molecule has 0 unspecified atom stereocenters. The van der Waals surface area contributed by atoms with Crippen LogP contribution in [0.5, 0.6) is 11.5 Å². The Morgan fingerprint density at radius 3 is 2.12 bits per heavy atom. The Balaban J connectivity index is 1.09. The van der Waals surface area contributed by atoms with Crippen LogP contribution in [0.3, 0.4) is 0 Å². The van der Waals surface area contributed by atoms with Gasteiger partial charge in [0.1, 0.15) is 36.9 Å². The van der Waals surface area contributed by atoms with Gasteiger partial charge in [-0.25, -0.2) is 14.2 Å². The molecule has 0 radical (unpaired) electrons. The van der Waals surface area contributed by atoms with Gasteiger partial charge < -0.3 is 48.6 Å². The number of unbranched alkanes of at least 4 members (excludes halogenated alkanes) is 3. The van der Waals surface area contributed by atoms with Crippen molar-refractivity contribution in [2.75, 3.05) is 50.2 Å². The average Bonchev–Trinajstić information content (AvgIpc) is 1.70. The second kappa shape index (κ2) is 32.1. The summed E-state index contributed by atoms with van der Waals surface area (Å²) in [5.74, 6) is -0.885. The summed E-state index contributed by atoms with van der Waals surface area (Å²) < 4.78 is 60.4. The molecule has 20 nitrogen and oxygen atoms in total. The van der Waals surface area contributed by atoms with E-state index in [9.17, 15) is 38.1 Å². The first-order valence-corrected chi connectivity index (χ1v) is 32.6. The van der Waals surface area contributed by atoms with E-state index in [1.807, 2.05) is 31.2 Å². The van der Waals surface area contributed by atoms with Crippen molar-refractivity contribution in [2.45, 2.75) is 188 Å². The quantitative estimate of drug-likeness (QED) is 0.0123. The molecule has 0 bridgehead atoms. The molecular weight excluding hydrogens is 1180 g/mol. The summed E-state index contributed by atoms with van der Waals surface area (Å²) in [6, 6.07) is 18.5. The van der Waals surface area contributed by atoms with Gasteiger partial charge in [-0.15, -0.1) is 11.6 Å². The molecule has 4 aromatic rings. The Labute approximate surface area is 528 Å². The first-order chi connectivity index (χ1) is 41.9. The number of aryl methyl sites for hydroxylation is 1. The predicted octanol–water partition coefficient (Wildman–Crippen LogP) is 13.1. The highest BCUT2D eigenvalue weighted by Crippen LogP contribution is 2.57. The molecule has 2 heterocycles. The SMILES string of the molecule is C=CCOC(=O)N[C@@H](CCCCNC(=O)OC(C)(C)C)C(=O)Cc1ccc(COC(=O)Cc2cc(OCCCCCC(=O)N3C[C@@H](CCl)c4c3cc(OP(=O)(OC(C)(C)C)OC(C)(C)C)c3ccccc43)c(C)cc2C(=O)N2CCC[C@H]2COC(C)=O)cc1. The van der Waals surface area contributed by atoms with Crippen LogP contribution >= 0.6 is 19.4 Å². The molecule has 486 valence electrons. The van der Waals surface area contributed by atoms with Gasteiger partial charge in [-0.2, -0.15) is 0 Å². The van der Waals surface area contributed by atoms with E-state index in [0.717, 1.165) is 10.9 Å². The lowest BCUT2D eigenvalue weighted by Gasteiger charge is -2.31. The molecule has 3 atom stereocenters. The molecule has 0 spiro atoms. The van der Waals surface area contributed by atoms with Crippen molar-refractivity contribution in [3.05, 3.63) is 113 Å². The van der Waals surface area contributed by atoms with Gasteiger partial charge in [0.25, 0.3) is 5.91 Å². The third-order valence-electron chi connectivity index (χ3n) is 14.4. The number of esters is 2. The van der Waals surface area contributed by atoms with Crippen molar-refractivity contribution in [2.24, 2.45) is 0 Å². The van der Waals surface area contributed by atoms with Crippen LogP contribution in [-0.4, -0.2) is 121 Å². The summed E-state index contributed by atoms with van der Waals surface area (Å²) in [5.41, 5.74) is 1.80. The number of ketones is 1. The third kappa shape index (κ3) is 22.2. The summed E-state index contributed by atoms with van der Waals surface area (Å²) in [7, 11) is -4.21. The summed E-state index contributed by atoms with van der Waals surface area (Å²) in [6.07, 6.45) is 4.55. The van der Waals surface area contributed by atoms with Crippen molar-refractivity contribution in [3.8, 4) is 11.5 Å². The van der Waals surface area contributed by atoms with Gasteiger partial charge in [-0.05, 0) is 166 Å². The maximum atomic E-state index is 14.4. The number of likely N-dealkylation sites (tertiary alicyclic amines) is 1. The van der Waals surface area contributed by atoms with Gasteiger partial charge >= 0.3 is 31.9 Å². The molecule has 2 aliphatic rings. The topological polar surface area (TPSA) is 241 Å². The van der Waals surface area contributed by atoms with E-state index in [2.05, 4.69) is 17.2 Å². The number of ether oxygens (including phenoxy) is 5. The maximum absolute atomic E-state index is 14.4. The van der Waals surface area contributed by atoms with E-state index >= 15 is 0 Å². The van der Waals surface area contributed by atoms with Gasteiger partial charge in [0.2, 0.25) is 5.91 Å². The summed E-state index contributed by atoms with van der Waals surface area (Å²) >= 11 is 6.59. The largest absolute Gasteiger partial charge is 0.531 e. The highest BCUT2D eigenvalue weighted by molar-refractivity contribution is 7.49. The van der Waals surface area contributed by atoms with E-state index in [1.165, 1.54) is 13.0 Å². The number of fused-ring (bicyclic) bond motifs is 3. The number of amides is 4. The number of halogens is 1. The normalized spacial score (nSPS) is 15.4. The van der Waals surface area contributed by atoms with Crippen molar-refractivity contribution >= 4 is 77.6 Å². The number of phosphoric acid groups is 1. The van der Waals surface area contributed by atoms with E-state index < -0.39 is 54.8 Å². The number of rotatable bonds is 30. The standard InChI is InChI=1S/C67H90ClN4O16P/c1-13-33-82-64(79)70-54(25-18-19-31-69-63(78)85-65(4,5)6)56(74)36-46-27-29-47(30-28-46)42-84-60(76)38-48-37-57(44(2)35-53(48)62(77)71-32-21-22-50(71)43-83-45(3)73)81-34-20-14-15-26-59(75)72-41-49(40-68)61-52-24-17-16-23-51(52)58(39-55(61)72)86-89(80,87-66(7,8)9)88-67(10,11)12/h13,16-17,23-24,27-30,35,37,39,49-50,54H,1,14-15,18-22,25-26,31-34,36,38,40-43H2,2-12H3,(H,69,78)(H,70,79)/t49-,50+,54+/m1/s1. The molecule has 4 aromatic carbocycles. The number of nitrogens with zero attached hydrogens (tertiary/aromatic N) is 2. The minimum Gasteiger partial charge on any atom is -0.493 e. The van der Waals surface area contributed by atoms with Crippen molar-refractivity contribution in [1.82, 2.24) is 15.5 Å².